The molecule has 0 bridgehead atoms. The Balaban J connectivity index is 1.77. The van der Waals surface area contributed by atoms with Gasteiger partial charge in [-0.1, -0.05) is 24.6 Å². The molecule has 0 aromatic heterocycles. The van der Waals surface area contributed by atoms with Crippen LogP contribution in [-0.4, -0.2) is 18.5 Å². The van der Waals surface area contributed by atoms with Crippen LogP contribution in [0.5, 0.6) is 0 Å². The number of amides is 1. The third-order valence-corrected chi connectivity index (χ3v) is 3.88. The minimum atomic E-state index is -0.289. The van der Waals surface area contributed by atoms with E-state index in [1.54, 1.807) is 18.2 Å². The molecule has 0 saturated carbocycles. The van der Waals surface area contributed by atoms with Gasteiger partial charge in [-0.2, -0.15) is 0 Å². The molecule has 1 aliphatic heterocycles. The van der Waals surface area contributed by atoms with Gasteiger partial charge in [0.15, 0.2) is 0 Å². The molecule has 0 aliphatic carbocycles. The van der Waals surface area contributed by atoms with Gasteiger partial charge in [-0.15, -0.1) is 0 Å². The zero-order chi connectivity index (χ0) is 14.4. The average Bonchev–Trinajstić information content (AvgIpc) is 2.46. The Bertz CT molecular complexity index is 444. The zero-order valence-electron chi connectivity index (χ0n) is 12.0. The van der Waals surface area contributed by atoms with E-state index < -0.39 is 0 Å². The van der Waals surface area contributed by atoms with E-state index in [2.05, 4.69) is 10.6 Å². The lowest BCUT2D eigenvalue weighted by Crippen LogP contribution is -2.35. The predicted molar refractivity (Wildman–Crippen MR) is 77.8 cm³/mol. The molecule has 1 amide bonds. The standard InChI is InChI=1S/C16H23FN2O/c1-12(14-7-2-3-8-15(14)17)19-16(20)10-9-13-6-4-5-11-18-13/h2-3,7-8,12-13,18H,4-6,9-11H2,1H3,(H,19,20)/t12-,13?/m1/s1. The lowest BCUT2D eigenvalue weighted by molar-refractivity contribution is -0.122. The summed E-state index contributed by atoms with van der Waals surface area (Å²) in [4.78, 5) is 11.9. The Morgan fingerprint density at radius 3 is 2.95 bits per heavy atom. The molecular formula is C16H23FN2O. The lowest BCUT2D eigenvalue weighted by atomic mass is 10.00. The third kappa shape index (κ3) is 4.30. The number of hydrogen-bond acceptors (Lipinski definition) is 2. The number of benzene rings is 1. The summed E-state index contributed by atoms with van der Waals surface area (Å²) >= 11 is 0. The van der Waals surface area contributed by atoms with Crippen LogP contribution in [0.2, 0.25) is 0 Å². The van der Waals surface area contributed by atoms with Crippen molar-refractivity contribution in [2.24, 2.45) is 0 Å². The number of carbonyl (C=O) groups is 1. The van der Waals surface area contributed by atoms with E-state index in [1.807, 2.05) is 6.92 Å². The molecule has 3 nitrogen and oxygen atoms in total. The van der Waals surface area contributed by atoms with Crippen molar-refractivity contribution >= 4 is 5.91 Å². The Kier molecular flexibility index (Phi) is 5.53. The first kappa shape index (κ1) is 15.0. The number of carbonyl (C=O) groups excluding carboxylic acids is 1. The quantitative estimate of drug-likeness (QED) is 0.869. The minimum Gasteiger partial charge on any atom is -0.349 e. The largest absolute Gasteiger partial charge is 0.349 e. The van der Waals surface area contributed by atoms with Crippen LogP contribution in [0.3, 0.4) is 0 Å². The van der Waals surface area contributed by atoms with Crippen molar-refractivity contribution in [1.82, 2.24) is 10.6 Å². The monoisotopic (exact) mass is 278 g/mol. The SMILES string of the molecule is C[C@@H](NC(=O)CCC1CCCCN1)c1ccccc1F. The molecule has 20 heavy (non-hydrogen) atoms. The zero-order valence-corrected chi connectivity index (χ0v) is 12.0. The molecule has 1 saturated heterocycles. The molecule has 1 aliphatic rings. The summed E-state index contributed by atoms with van der Waals surface area (Å²) in [6.07, 6.45) is 4.97. The fourth-order valence-corrected chi connectivity index (χ4v) is 2.69. The molecule has 2 atom stereocenters. The summed E-state index contributed by atoms with van der Waals surface area (Å²) in [5.74, 6) is -0.276. The van der Waals surface area contributed by atoms with E-state index >= 15 is 0 Å². The lowest BCUT2D eigenvalue weighted by Gasteiger charge is -2.23. The Hall–Kier alpha value is -1.42. The number of hydrogen-bond donors (Lipinski definition) is 2. The van der Waals surface area contributed by atoms with Gasteiger partial charge < -0.3 is 10.6 Å². The van der Waals surface area contributed by atoms with Gasteiger partial charge in [0, 0.05) is 18.0 Å². The molecule has 0 radical (unpaired) electrons. The second-order valence-electron chi connectivity index (χ2n) is 5.50. The van der Waals surface area contributed by atoms with Crippen molar-refractivity contribution in [2.45, 2.75) is 51.1 Å². The summed E-state index contributed by atoms with van der Waals surface area (Å²) < 4.78 is 13.6. The van der Waals surface area contributed by atoms with Gasteiger partial charge in [0.05, 0.1) is 6.04 Å². The fraction of sp³-hybridized carbons (Fsp3) is 0.562. The van der Waals surface area contributed by atoms with Crippen LogP contribution in [-0.2, 0) is 4.79 Å². The first-order valence-electron chi connectivity index (χ1n) is 7.44. The van der Waals surface area contributed by atoms with Crippen molar-refractivity contribution in [3.8, 4) is 0 Å². The molecule has 1 aromatic carbocycles. The van der Waals surface area contributed by atoms with E-state index in [1.165, 1.54) is 18.9 Å². The van der Waals surface area contributed by atoms with Gasteiger partial charge >= 0.3 is 0 Å². The highest BCUT2D eigenvalue weighted by molar-refractivity contribution is 5.76. The highest BCUT2D eigenvalue weighted by Gasteiger charge is 2.16. The average molecular weight is 278 g/mol. The molecular weight excluding hydrogens is 255 g/mol. The number of halogens is 1. The van der Waals surface area contributed by atoms with Crippen LogP contribution >= 0.6 is 0 Å². The van der Waals surface area contributed by atoms with Crippen LogP contribution in [0, 0.1) is 5.82 Å². The van der Waals surface area contributed by atoms with Gasteiger partial charge in [-0.3, -0.25) is 4.79 Å². The molecule has 4 heteroatoms. The number of piperidine rings is 1. The van der Waals surface area contributed by atoms with Crippen LogP contribution in [0.15, 0.2) is 24.3 Å². The summed E-state index contributed by atoms with van der Waals surface area (Å²) in [6, 6.07) is 6.74. The Labute approximate surface area is 120 Å². The molecule has 1 heterocycles. The highest BCUT2D eigenvalue weighted by Crippen LogP contribution is 2.17. The first-order valence-corrected chi connectivity index (χ1v) is 7.44. The summed E-state index contributed by atoms with van der Waals surface area (Å²) in [5, 5.41) is 6.30. The summed E-state index contributed by atoms with van der Waals surface area (Å²) in [6.45, 7) is 2.87. The smallest absolute Gasteiger partial charge is 0.220 e. The number of rotatable bonds is 5. The van der Waals surface area contributed by atoms with Crippen molar-refractivity contribution in [3.63, 3.8) is 0 Å². The molecule has 110 valence electrons. The topological polar surface area (TPSA) is 41.1 Å². The molecule has 1 unspecified atom stereocenters. The van der Waals surface area contributed by atoms with Crippen LogP contribution < -0.4 is 10.6 Å². The molecule has 1 fully saturated rings. The van der Waals surface area contributed by atoms with E-state index in [0.717, 1.165) is 19.4 Å². The maximum absolute atomic E-state index is 13.6. The van der Waals surface area contributed by atoms with E-state index in [4.69, 9.17) is 0 Å². The second kappa shape index (κ2) is 7.39. The molecule has 1 aromatic rings. The van der Waals surface area contributed by atoms with Crippen molar-refractivity contribution < 1.29 is 9.18 Å². The Morgan fingerprint density at radius 1 is 1.45 bits per heavy atom. The van der Waals surface area contributed by atoms with E-state index in [0.29, 0.717) is 18.0 Å². The molecule has 0 spiro atoms. The fourth-order valence-electron chi connectivity index (χ4n) is 2.69. The van der Waals surface area contributed by atoms with E-state index in [9.17, 15) is 9.18 Å². The number of nitrogens with one attached hydrogen (secondary N) is 2. The highest BCUT2D eigenvalue weighted by atomic mass is 19.1. The van der Waals surface area contributed by atoms with Gasteiger partial charge in [-0.25, -0.2) is 4.39 Å². The van der Waals surface area contributed by atoms with Crippen molar-refractivity contribution in [1.29, 1.82) is 0 Å². The van der Waals surface area contributed by atoms with Gasteiger partial charge in [0.2, 0.25) is 5.91 Å². The third-order valence-electron chi connectivity index (χ3n) is 3.88. The maximum atomic E-state index is 13.6. The minimum absolute atomic E-state index is 0.00636. The van der Waals surface area contributed by atoms with Crippen LogP contribution in [0.1, 0.15) is 50.6 Å². The van der Waals surface area contributed by atoms with Crippen LogP contribution in [0.4, 0.5) is 4.39 Å². The maximum Gasteiger partial charge on any atom is 0.220 e. The summed E-state index contributed by atoms with van der Waals surface area (Å²) in [5.41, 5.74) is 0.539. The first-order chi connectivity index (χ1) is 9.66. The van der Waals surface area contributed by atoms with E-state index in [-0.39, 0.29) is 17.8 Å². The molecule has 2 N–H and O–H groups in total. The van der Waals surface area contributed by atoms with Crippen LogP contribution in [0.25, 0.3) is 0 Å². The normalized spacial score (nSPS) is 20.4. The van der Waals surface area contributed by atoms with Gasteiger partial charge in [0.1, 0.15) is 5.82 Å². The van der Waals surface area contributed by atoms with Crippen molar-refractivity contribution in [2.75, 3.05) is 6.54 Å². The van der Waals surface area contributed by atoms with Gasteiger partial charge in [-0.05, 0) is 38.8 Å². The van der Waals surface area contributed by atoms with Gasteiger partial charge in [0.25, 0.3) is 0 Å². The predicted octanol–water partition coefficient (Wildman–Crippen LogP) is 2.93. The molecule has 2 rings (SSSR count). The van der Waals surface area contributed by atoms with Crippen molar-refractivity contribution in [3.05, 3.63) is 35.6 Å². The Morgan fingerprint density at radius 2 is 2.25 bits per heavy atom. The second-order valence-corrected chi connectivity index (χ2v) is 5.50. The summed E-state index contributed by atoms with van der Waals surface area (Å²) in [7, 11) is 0.